The topological polar surface area (TPSA) is 54.0 Å². The third-order valence-corrected chi connectivity index (χ3v) is 5.33. The quantitative estimate of drug-likeness (QED) is 0.323. The molecule has 0 N–H and O–H groups in total. The van der Waals surface area contributed by atoms with Crippen molar-refractivity contribution >= 4 is 11.9 Å². The maximum absolute atomic E-state index is 12.6. The van der Waals surface area contributed by atoms with E-state index >= 15 is 0 Å². The molecule has 32 heavy (non-hydrogen) atoms. The van der Waals surface area contributed by atoms with E-state index in [1.807, 2.05) is 30.3 Å². The van der Waals surface area contributed by atoms with Gasteiger partial charge in [-0.05, 0) is 65.6 Å². The molecule has 0 atom stereocenters. The number of ether oxygens (including phenoxy) is 4. The van der Waals surface area contributed by atoms with E-state index in [4.69, 9.17) is 18.9 Å². The SMILES string of the molecule is COc1ccc(/C=C/C(=O)c2ccc3c(c2)OCO3)cc1COc1ccc(C(C)C)cc1. The molecule has 0 fully saturated rings. The molecule has 0 aliphatic carbocycles. The maximum atomic E-state index is 12.6. The van der Waals surface area contributed by atoms with E-state index in [9.17, 15) is 4.79 Å². The summed E-state index contributed by atoms with van der Waals surface area (Å²) >= 11 is 0. The lowest BCUT2D eigenvalue weighted by atomic mass is 10.0. The highest BCUT2D eigenvalue weighted by Crippen LogP contribution is 2.32. The molecule has 0 radical (unpaired) electrons. The molecule has 1 aliphatic rings. The number of allylic oxidation sites excluding steroid dienone is 1. The zero-order valence-electron chi connectivity index (χ0n) is 18.5. The van der Waals surface area contributed by atoms with Gasteiger partial charge in [0.25, 0.3) is 0 Å². The van der Waals surface area contributed by atoms with Crippen molar-refractivity contribution in [1.82, 2.24) is 0 Å². The molecule has 0 amide bonds. The summed E-state index contributed by atoms with van der Waals surface area (Å²) in [5.41, 5.74) is 3.60. The number of carbonyl (C=O) groups excluding carboxylic acids is 1. The Balaban J connectivity index is 1.45. The van der Waals surface area contributed by atoms with Crippen molar-refractivity contribution in [2.75, 3.05) is 13.9 Å². The molecule has 4 rings (SSSR count). The molecule has 3 aromatic carbocycles. The van der Waals surface area contributed by atoms with Gasteiger partial charge < -0.3 is 18.9 Å². The summed E-state index contributed by atoms with van der Waals surface area (Å²) in [6.45, 7) is 4.87. The van der Waals surface area contributed by atoms with Gasteiger partial charge >= 0.3 is 0 Å². The van der Waals surface area contributed by atoms with E-state index in [1.165, 1.54) is 5.56 Å². The Morgan fingerprint density at radius 2 is 1.78 bits per heavy atom. The van der Waals surface area contributed by atoms with Crippen LogP contribution in [0.2, 0.25) is 0 Å². The van der Waals surface area contributed by atoms with E-state index in [0.29, 0.717) is 29.6 Å². The van der Waals surface area contributed by atoms with E-state index in [0.717, 1.165) is 22.6 Å². The molecule has 0 bridgehead atoms. The lowest BCUT2D eigenvalue weighted by molar-refractivity contribution is 0.104. The summed E-state index contributed by atoms with van der Waals surface area (Å²) < 4.78 is 22.1. The molecular formula is C27H26O5. The number of methoxy groups -OCH3 is 1. The third-order valence-electron chi connectivity index (χ3n) is 5.33. The highest BCUT2D eigenvalue weighted by atomic mass is 16.7. The van der Waals surface area contributed by atoms with Crippen LogP contribution in [0.5, 0.6) is 23.0 Å². The van der Waals surface area contributed by atoms with Crippen LogP contribution in [0.15, 0.2) is 66.7 Å². The lowest BCUT2D eigenvalue weighted by Gasteiger charge is -2.12. The van der Waals surface area contributed by atoms with E-state index in [2.05, 4.69) is 26.0 Å². The number of hydrogen-bond acceptors (Lipinski definition) is 5. The smallest absolute Gasteiger partial charge is 0.231 e. The predicted molar refractivity (Wildman–Crippen MR) is 124 cm³/mol. The average molecular weight is 431 g/mol. The summed E-state index contributed by atoms with van der Waals surface area (Å²) in [4.78, 5) is 12.6. The standard InChI is InChI=1S/C27H26O5/c1-18(2)20-6-9-23(10-7-20)30-16-22-14-19(5-12-25(22)29-3)4-11-24(28)21-8-13-26-27(15-21)32-17-31-26/h4-15,18H,16-17H2,1-3H3/b11-4+. The number of fused-ring (bicyclic) bond motifs is 1. The van der Waals surface area contributed by atoms with Crippen molar-refractivity contribution in [2.45, 2.75) is 26.4 Å². The molecule has 5 heteroatoms. The molecule has 1 aliphatic heterocycles. The van der Waals surface area contributed by atoms with Gasteiger partial charge in [0.15, 0.2) is 17.3 Å². The van der Waals surface area contributed by atoms with Gasteiger partial charge in [-0.1, -0.05) is 38.1 Å². The van der Waals surface area contributed by atoms with Crippen LogP contribution < -0.4 is 18.9 Å². The Labute approximate surface area is 188 Å². The zero-order valence-corrected chi connectivity index (χ0v) is 18.5. The molecule has 1 heterocycles. The zero-order chi connectivity index (χ0) is 22.5. The molecule has 164 valence electrons. The molecular weight excluding hydrogens is 404 g/mol. The van der Waals surface area contributed by atoms with Crippen LogP contribution in [-0.4, -0.2) is 19.7 Å². The Morgan fingerprint density at radius 3 is 2.53 bits per heavy atom. The number of benzene rings is 3. The van der Waals surface area contributed by atoms with Gasteiger partial charge in [0.1, 0.15) is 18.1 Å². The summed E-state index contributed by atoms with van der Waals surface area (Å²) in [7, 11) is 1.63. The summed E-state index contributed by atoms with van der Waals surface area (Å²) in [5, 5.41) is 0. The van der Waals surface area contributed by atoms with Crippen molar-refractivity contribution in [2.24, 2.45) is 0 Å². The molecule has 0 saturated carbocycles. The number of hydrogen-bond donors (Lipinski definition) is 0. The van der Waals surface area contributed by atoms with Crippen LogP contribution in [-0.2, 0) is 6.61 Å². The van der Waals surface area contributed by atoms with Gasteiger partial charge in [0, 0.05) is 11.1 Å². The Bertz CT molecular complexity index is 1130. The van der Waals surface area contributed by atoms with Crippen molar-refractivity contribution in [1.29, 1.82) is 0 Å². The lowest BCUT2D eigenvalue weighted by Crippen LogP contribution is -2.00. The first-order valence-electron chi connectivity index (χ1n) is 10.5. The fourth-order valence-corrected chi connectivity index (χ4v) is 3.44. The third kappa shape index (κ3) is 4.94. The molecule has 0 saturated heterocycles. The number of rotatable bonds is 8. The largest absolute Gasteiger partial charge is 0.496 e. The van der Waals surface area contributed by atoms with Gasteiger partial charge in [-0.15, -0.1) is 0 Å². The highest BCUT2D eigenvalue weighted by molar-refractivity contribution is 6.07. The molecule has 3 aromatic rings. The van der Waals surface area contributed by atoms with Crippen LogP contribution in [0, 0.1) is 0 Å². The summed E-state index contributed by atoms with van der Waals surface area (Å²) in [5.74, 6) is 3.16. The Hall–Kier alpha value is -3.73. The molecule has 0 unspecified atom stereocenters. The first kappa shape index (κ1) is 21.5. The summed E-state index contributed by atoms with van der Waals surface area (Å²) in [6.07, 6.45) is 3.34. The second-order valence-corrected chi connectivity index (χ2v) is 7.85. The maximum Gasteiger partial charge on any atom is 0.231 e. The van der Waals surface area contributed by atoms with Crippen molar-refractivity contribution in [3.63, 3.8) is 0 Å². The van der Waals surface area contributed by atoms with Crippen molar-refractivity contribution < 1.29 is 23.7 Å². The van der Waals surface area contributed by atoms with Gasteiger partial charge in [0.2, 0.25) is 6.79 Å². The molecule has 0 aromatic heterocycles. The fraction of sp³-hybridized carbons (Fsp3) is 0.222. The second kappa shape index (κ2) is 9.60. The summed E-state index contributed by atoms with van der Waals surface area (Å²) in [6, 6.07) is 19.1. The van der Waals surface area contributed by atoms with Crippen LogP contribution in [0.3, 0.4) is 0 Å². The minimum atomic E-state index is -0.109. The fourth-order valence-electron chi connectivity index (χ4n) is 3.44. The van der Waals surface area contributed by atoms with Crippen LogP contribution >= 0.6 is 0 Å². The number of carbonyl (C=O) groups is 1. The van der Waals surface area contributed by atoms with Crippen LogP contribution in [0.4, 0.5) is 0 Å². The van der Waals surface area contributed by atoms with Gasteiger partial charge in [-0.25, -0.2) is 0 Å². The van der Waals surface area contributed by atoms with Gasteiger partial charge in [0.05, 0.1) is 7.11 Å². The van der Waals surface area contributed by atoms with E-state index < -0.39 is 0 Å². The van der Waals surface area contributed by atoms with E-state index in [-0.39, 0.29) is 12.6 Å². The average Bonchev–Trinajstić information content (AvgIpc) is 3.29. The predicted octanol–water partition coefficient (Wildman–Crippen LogP) is 6.02. The van der Waals surface area contributed by atoms with Crippen molar-refractivity contribution in [3.05, 3.63) is 89.0 Å². The van der Waals surface area contributed by atoms with Crippen molar-refractivity contribution in [3.8, 4) is 23.0 Å². The minimum absolute atomic E-state index is 0.109. The Kier molecular flexibility index (Phi) is 6.45. The molecule has 5 nitrogen and oxygen atoms in total. The van der Waals surface area contributed by atoms with E-state index in [1.54, 1.807) is 37.5 Å². The number of ketones is 1. The van der Waals surface area contributed by atoms with Gasteiger partial charge in [-0.3, -0.25) is 4.79 Å². The normalized spacial score (nSPS) is 12.4. The van der Waals surface area contributed by atoms with Crippen LogP contribution in [0.25, 0.3) is 6.08 Å². The minimum Gasteiger partial charge on any atom is -0.496 e. The Morgan fingerprint density at radius 1 is 1.00 bits per heavy atom. The van der Waals surface area contributed by atoms with Gasteiger partial charge in [-0.2, -0.15) is 0 Å². The first-order valence-corrected chi connectivity index (χ1v) is 10.5. The first-order chi connectivity index (χ1) is 15.5. The monoisotopic (exact) mass is 430 g/mol. The highest BCUT2D eigenvalue weighted by Gasteiger charge is 2.15. The van der Waals surface area contributed by atoms with Crippen LogP contribution in [0.1, 0.15) is 46.8 Å². The molecule has 0 spiro atoms. The second-order valence-electron chi connectivity index (χ2n) is 7.85.